The number of carbonyl (C=O) groups excluding carboxylic acids is 2. The van der Waals surface area contributed by atoms with Crippen LogP contribution in [-0.2, 0) is 19.6 Å². The number of nitrogens with one attached hydrogen (secondary N) is 1. The van der Waals surface area contributed by atoms with Gasteiger partial charge in [-0.05, 0) is 62.9 Å². The third-order valence-corrected chi connectivity index (χ3v) is 6.35. The predicted molar refractivity (Wildman–Crippen MR) is 97.2 cm³/mol. The molecule has 2 rings (SSSR count). The van der Waals surface area contributed by atoms with Crippen LogP contribution in [0.15, 0.2) is 29.2 Å². The molecule has 0 heterocycles. The summed E-state index contributed by atoms with van der Waals surface area (Å²) in [7, 11) is -0.501. The van der Waals surface area contributed by atoms with Gasteiger partial charge in [0.25, 0.3) is 5.91 Å². The van der Waals surface area contributed by atoms with E-state index in [1.54, 1.807) is 11.9 Å². The normalized spacial score (nSPS) is 20.4. The number of amides is 1. The van der Waals surface area contributed by atoms with Gasteiger partial charge in [-0.25, -0.2) is 17.9 Å². The van der Waals surface area contributed by atoms with Gasteiger partial charge in [0, 0.05) is 13.1 Å². The predicted octanol–water partition coefficient (Wildman–Crippen LogP) is 1.79. The average molecular weight is 382 g/mol. The van der Waals surface area contributed by atoms with E-state index in [0.717, 1.165) is 25.7 Å². The Bertz CT molecular complexity index is 737. The second-order valence-electron chi connectivity index (χ2n) is 6.73. The number of ether oxygens (including phenoxy) is 1. The van der Waals surface area contributed by atoms with E-state index >= 15 is 0 Å². The molecule has 0 atom stereocenters. The number of rotatable bonds is 6. The fourth-order valence-electron chi connectivity index (χ4n) is 3.03. The first kappa shape index (κ1) is 20.4. The Morgan fingerprint density at radius 1 is 1.15 bits per heavy atom. The van der Waals surface area contributed by atoms with Gasteiger partial charge < -0.3 is 9.64 Å². The van der Waals surface area contributed by atoms with Crippen molar-refractivity contribution in [1.82, 2.24) is 9.62 Å². The van der Waals surface area contributed by atoms with Gasteiger partial charge in [0.05, 0.1) is 10.5 Å². The van der Waals surface area contributed by atoms with Crippen LogP contribution in [0.3, 0.4) is 0 Å². The maximum atomic E-state index is 12.2. The zero-order chi connectivity index (χ0) is 19.3. The van der Waals surface area contributed by atoms with Gasteiger partial charge in [-0.1, -0.05) is 6.92 Å². The van der Waals surface area contributed by atoms with E-state index in [-0.39, 0.29) is 29.0 Å². The van der Waals surface area contributed by atoms with E-state index < -0.39 is 16.0 Å². The summed E-state index contributed by atoms with van der Waals surface area (Å²) in [5, 5.41) is 0. The highest BCUT2D eigenvalue weighted by molar-refractivity contribution is 7.89. The fraction of sp³-hybridized carbons (Fsp3) is 0.556. The van der Waals surface area contributed by atoms with E-state index in [4.69, 9.17) is 4.74 Å². The van der Waals surface area contributed by atoms with Crippen LogP contribution in [0.25, 0.3) is 0 Å². The minimum Gasteiger partial charge on any atom is -0.452 e. The van der Waals surface area contributed by atoms with Crippen LogP contribution < -0.4 is 4.72 Å². The minimum absolute atomic E-state index is 0.0545. The number of esters is 1. The first-order valence-electron chi connectivity index (χ1n) is 8.71. The molecule has 8 heteroatoms. The summed E-state index contributed by atoms with van der Waals surface area (Å²) in [6.07, 6.45) is 4.14. The van der Waals surface area contributed by atoms with Gasteiger partial charge in [0.2, 0.25) is 10.0 Å². The van der Waals surface area contributed by atoms with Crippen LogP contribution in [-0.4, -0.2) is 51.9 Å². The molecule has 0 radical (unpaired) electrons. The van der Waals surface area contributed by atoms with Crippen LogP contribution in [0.4, 0.5) is 0 Å². The van der Waals surface area contributed by atoms with Gasteiger partial charge in [-0.2, -0.15) is 0 Å². The maximum absolute atomic E-state index is 12.2. The standard InChI is InChI=1S/C18H26N2O5S/c1-13-4-8-15(9-5-13)20(3)17(21)12-25-18(22)14-6-10-16(11-7-14)26(23,24)19-2/h6-7,10-11,13,15,19H,4-5,8-9,12H2,1-3H3. The summed E-state index contributed by atoms with van der Waals surface area (Å²) in [5.74, 6) is -0.188. The number of hydrogen-bond acceptors (Lipinski definition) is 5. The molecule has 1 aromatic rings. The summed E-state index contributed by atoms with van der Waals surface area (Å²) in [6, 6.07) is 5.56. The number of hydrogen-bond donors (Lipinski definition) is 1. The molecule has 1 fully saturated rings. The largest absolute Gasteiger partial charge is 0.452 e. The highest BCUT2D eigenvalue weighted by Gasteiger charge is 2.25. The van der Waals surface area contributed by atoms with Crippen molar-refractivity contribution in [3.8, 4) is 0 Å². The lowest BCUT2D eigenvalue weighted by molar-refractivity contribution is -0.136. The molecule has 1 aliphatic rings. The van der Waals surface area contributed by atoms with E-state index in [1.165, 1.54) is 31.3 Å². The second kappa shape index (κ2) is 8.64. The highest BCUT2D eigenvalue weighted by Crippen LogP contribution is 2.26. The molecule has 1 aromatic carbocycles. The summed E-state index contributed by atoms with van der Waals surface area (Å²) >= 11 is 0. The topological polar surface area (TPSA) is 92.8 Å². The molecule has 0 unspecified atom stereocenters. The molecule has 1 amide bonds. The molecule has 0 spiro atoms. The van der Waals surface area contributed by atoms with Crippen molar-refractivity contribution in [2.45, 2.75) is 43.5 Å². The van der Waals surface area contributed by atoms with Gasteiger partial charge in [-0.3, -0.25) is 4.79 Å². The Kier molecular flexibility index (Phi) is 6.77. The monoisotopic (exact) mass is 382 g/mol. The maximum Gasteiger partial charge on any atom is 0.338 e. The fourth-order valence-corrected chi connectivity index (χ4v) is 3.76. The molecule has 0 bridgehead atoms. The quantitative estimate of drug-likeness (QED) is 0.757. The first-order valence-corrected chi connectivity index (χ1v) is 10.2. The first-order chi connectivity index (χ1) is 12.2. The average Bonchev–Trinajstić information content (AvgIpc) is 2.66. The lowest BCUT2D eigenvalue weighted by Crippen LogP contribution is -2.41. The zero-order valence-electron chi connectivity index (χ0n) is 15.4. The van der Waals surface area contributed by atoms with Crippen LogP contribution >= 0.6 is 0 Å². The van der Waals surface area contributed by atoms with Gasteiger partial charge >= 0.3 is 5.97 Å². The van der Waals surface area contributed by atoms with Gasteiger partial charge in [0.1, 0.15) is 0 Å². The molecule has 0 aromatic heterocycles. The van der Waals surface area contributed by atoms with Crippen molar-refractivity contribution < 1.29 is 22.7 Å². The second-order valence-corrected chi connectivity index (χ2v) is 8.61. The summed E-state index contributed by atoms with van der Waals surface area (Å²) in [6.45, 7) is 1.89. The third kappa shape index (κ3) is 5.04. The van der Waals surface area contributed by atoms with Crippen LogP contribution in [0.1, 0.15) is 43.0 Å². The van der Waals surface area contributed by atoms with Crippen molar-refractivity contribution in [2.75, 3.05) is 20.7 Å². The van der Waals surface area contributed by atoms with E-state index in [2.05, 4.69) is 11.6 Å². The van der Waals surface area contributed by atoms with Gasteiger partial charge in [-0.15, -0.1) is 0 Å². The Labute approximate surface area is 154 Å². The summed E-state index contributed by atoms with van der Waals surface area (Å²) in [5.41, 5.74) is 0.196. The molecule has 144 valence electrons. The number of sulfonamides is 1. The van der Waals surface area contributed by atoms with Crippen LogP contribution in [0.5, 0.6) is 0 Å². The van der Waals surface area contributed by atoms with Crippen LogP contribution in [0, 0.1) is 5.92 Å². The van der Waals surface area contributed by atoms with E-state index in [1.807, 2.05) is 0 Å². The molecule has 0 saturated heterocycles. The van der Waals surface area contributed by atoms with Gasteiger partial charge in [0.15, 0.2) is 6.61 Å². The molecule has 1 saturated carbocycles. The third-order valence-electron chi connectivity index (χ3n) is 4.92. The van der Waals surface area contributed by atoms with Crippen LogP contribution in [0.2, 0.25) is 0 Å². The molecule has 1 aliphatic carbocycles. The molecular weight excluding hydrogens is 356 g/mol. The van der Waals surface area contributed by atoms with Crippen molar-refractivity contribution >= 4 is 21.9 Å². The smallest absolute Gasteiger partial charge is 0.338 e. The molecular formula is C18H26N2O5S. The number of likely N-dealkylation sites (N-methyl/N-ethyl adjacent to an activating group) is 1. The molecule has 0 aliphatic heterocycles. The molecule has 7 nitrogen and oxygen atoms in total. The van der Waals surface area contributed by atoms with E-state index in [0.29, 0.717) is 5.92 Å². The number of nitrogens with zero attached hydrogens (tertiary/aromatic N) is 1. The summed E-state index contributed by atoms with van der Waals surface area (Å²) in [4.78, 5) is 26.0. The van der Waals surface area contributed by atoms with Crippen molar-refractivity contribution in [3.63, 3.8) is 0 Å². The number of benzene rings is 1. The molecule has 26 heavy (non-hydrogen) atoms. The lowest BCUT2D eigenvalue weighted by Gasteiger charge is -2.33. The zero-order valence-corrected chi connectivity index (χ0v) is 16.2. The lowest BCUT2D eigenvalue weighted by atomic mass is 9.87. The minimum atomic E-state index is -3.56. The van der Waals surface area contributed by atoms with Crippen molar-refractivity contribution in [2.24, 2.45) is 5.92 Å². The summed E-state index contributed by atoms with van der Waals surface area (Å²) < 4.78 is 30.6. The highest BCUT2D eigenvalue weighted by atomic mass is 32.2. The number of carbonyl (C=O) groups is 2. The Morgan fingerprint density at radius 2 is 1.73 bits per heavy atom. The Hall–Kier alpha value is -1.93. The Balaban J connectivity index is 1.88. The van der Waals surface area contributed by atoms with E-state index in [9.17, 15) is 18.0 Å². The van der Waals surface area contributed by atoms with Crippen molar-refractivity contribution in [3.05, 3.63) is 29.8 Å². The van der Waals surface area contributed by atoms with Crippen molar-refractivity contribution in [1.29, 1.82) is 0 Å². The SMILES string of the molecule is CNS(=O)(=O)c1ccc(C(=O)OCC(=O)N(C)C2CCC(C)CC2)cc1. The molecule has 1 N–H and O–H groups in total. The Morgan fingerprint density at radius 3 is 2.27 bits per heavy atom.